The summed E-state index contributed by atoms with van der Waals surface area (Å²) >= 11 is 0. The summed E-state index contributed by atoms with van der Waals surface area (Å²) in [6.45, 7) is 6.17. The molecule has 0 aliphatic heterocycles. The third-order valence-electron chi connectivity index (χ3n) is 1.43. The van der Waals surface area contributed by atoms with Crippen LogP contribution >= 0.6 is 0 Å². The van der Waals surface area contributed by atoms with Crippen LogP contribution in [-0.2, 0) is 9.53 Å². The van der Waals surface area contributed by atoms with Crippen LogP contribution in [0.5, 0.6) is 0 Å². The van der Waals surface area contributed by atoms with Gasteiger partial charge in [-0.15, -0.1) is 0 Å². The number of carbonyl (C=O) groups is 1. The molecule has 0 aromatic heterocycles. The van der Waals surface area contributed by atoms with Gasteiger partial charge in [0.15, 0.2) is 0 Å². The molecule has 0 aromatic carbocycles. The molecule has 90 valence electrons. The molecular weight excluding hydrogens is 196 g/mol. The molecule has 0 aromatic rings. The highest BCUT2D eigenvalue weighted by Crippen LogP contribution is 1.90. The number of esters is 1. The second-order valence-corrected chi connectivity index (χ2v) is 2.88. The van der Waals surface area contributed by atoms with Crippen LogP contribution in [0.4, 0.5) is 0 Å². The van der Waals surface area contributed by atoms with Crippen molar-refractivity contribution in [1.82, 2.24) is 0 Å². The molecule has 15 heavy (non-hydrogen) atoms. The first-order valence-corrected chi connectivity index (χ1v) is 5.23. The Hall–Kier alpha value is -0.870. The van der Waals surface area contributed by atoms with Crippen molar-refractivity contribution >= 4 is 5.97 Å². The van der Waals surface area contributed by atoms with Gasteiger partial charge in [0.25, 0.3) is 0 Å². The minimum absolute atomic E-state index is 0.250. The van der Waals surface area contributed by atoms with Crippen LogP contribution in [0.25, 0.3) is 0 Å². The Balaban J connectivity index is 0. The van der Waals surface area contributed by atoms with Gasteiger partial charge < -0.3 is 14.9 Å². The Morgan fingerprint density at radius 1 is 1.27 bits per heavy atom. The van der Waals surface area contributed by atoms with Crippen molar-refractivity contribution in [2.45, 2.75) is 32.6 Å². The van der Waals surface area contributed by atoms with Gasteiger partial charge in [-0.3, -0.25) is 0 Å². The molecule has 0 unspecified atom stereocenters. The first kappa shape index (κ1) is 16.6. The zero-order valence-corrected chi connectivity index (χ0v) is 9.45. The standard InChI is InChI=1S/C6H10O2.C5H12O2/c1-3-5-8-6(7)4-2;6-4-2-1-3-5-7/h4H,2-3,5H2,1H3;6-7H,1-5H2. The quantitative estimate of drug-likeness (QED) is 0.383. The second kappa shape index (κ2) is 15.6. The second-order valence-electron chi connectivity index (χ2n) is 2.88. The van der Waals surface area contributed by atoms with E-state index in [1.54, 1.807) is 0 Å². The molecule has 0 aliphatic rings. The smallest absolute Gasteiger partial charge is 0.330 e. The first-order chi connectivity index (χ1) is 7.22. The third kappa shape index (κ3) is 19.5. The van der Waals surface area contributed by atoms with E-state index in [1.807, 2.05) is 6.92 Å². The van der Waals surface area contributed by atoms with E-state index in [1.165, 1.54) is 0 Å². The number of carbonyl (C=O) groups excluding carboxylic acids is 1. The van der Waals surface area contributed by atoms with Gasteiger partial charge in [0.1, 0.15) is 0 Å². The molecular formula is C11H22O4. The molecule has 0 amide bonds. The number of hydrogen-bond donors (Lipinski definition) is 2. The van der Waals surface area contributed by atoms with Crippen molar-refractivity contribution in [2.24, 2.45) is 0 Å². The summed E-state index contributed by atoms with van der Waals surface area (Å²) in [6, 6.07) is 0. The highest BCUT2D eigenvalue weighted by Gasteiger charge is 1.89. The minimum Gasteiger partial charge on any atom is -0.463 e. The van der Waals surface area contributed by atoms with Gasteiger partial charge in [-0.25, -0.2) is 4.79 Å². The maximum atomic E-state index is 10.2. The maximum Gasteiger partial charge on any atom is 0.330 e. The van der Waals surface area contributed by atoms with E-state index in [-0.39, 0.29) is 19.2 Å². The van der Waals surface area contributed by atoms with Crippen LogP contribution in [0.15, 0.2) is 12.7 Å². The fourth-order valence-corrected chi connectivity index (χ4v) is 0.662. The third-order valence-corrected chi connectivity index (χ3v) is 1.43. The van der Waals surface area contributed by atoms with Crippen molar-refractivity contribution in [3.05, 3.63) is 12.7 Å². The molecule has 0 fully saturated rings. The van der Waals surface area contributed by atoms with E-state index in [4.69, 9.17) is 10.2 Å². The van der Waals surface area contributed by atoms with Gasteiger partial charge in [-0.1, -0.05) is 13.5 Å². The Bertz CT molecular complexity index is 142. The largest absolute Gasteiger partial charge is 0.463 e. The topological polar surface area (TPSA) is 66.8 Å². The zero-order valence-electron chi connectivity index (χ0n) is 9.45. The summed E-state index contributed by atoms with van der Waals surface area (Å²) in [4.78, 5) is 10.2. The minimum atomic E-state index is -0.341. The van der Waals surface area contributed by atoms with Crippen LogP contribution in [0.2, 0.25) is 0 Å². The molecule has 0 spiro atoms. The Morgan fingerprint density at radius 2 is 1.80 bits per heavy atom. The monoisotopic (exact) mass is 218 g/mol. The summed E-state index contributed by atoms with van der Waals surface area (Å²) in [5, 5.41) is 16.4. The molecule has 0 saturated heterocycles. The van der Waals surface area contributed by atoms with E-state index in [0.29, 0.717) is 6.61 Å². The predicted molar refractivity (Wildman–Crippen MR) is 59.5 cm³/mol. The van der Waals surface area contributed by atoms with Gasteiger partial charge in [-0.2, -0.15) is 0 Å². The summed E-state index contributed by atoms with van der Waals surface area (Å²) in [7, 11) is 0. The Labute approximate surface area is 91.6 Å². The fraction of sp³-hybridized carbons (Fsp3) is 0.727. The molecule has 0 atom stereocenters. The molecule has 0 aliphatic carbocycles. The van der Waals surface area contributed by atoms with Gasteiger partial charge in [0, 0.05) is 19.3 Å². The van der Waals surface area contributed by atoms with Crippen LogP contribution in [0, 0.1) is 0 Å². The lowest BCUT2D eigenvalue weighted by Crippen LogP contribution is -1.99. The van der Waals surface area contributed by atoms with Gasteiger partial charge >= 0.3 is 5.97 Å². The van der Waals surface area contributed by atoms with E-state index in [9.17, 15) is 4.79 Å². The lowest BCUT2D eigenvalue weighted by Gasteiger charge is -1.94. The Kier molecular flexibility index (Phi) is 17.2. The van der Waals surface area contributed by atoms with Gasteiger partial charge in [0.2, 0.25) is 0 Å². The maximum absolute atomic E-state index is 10.2. The van der Waals surface area contributed by atoms with Crippen LogP contribution in [-0.4, -0.2) is 36.0 Å². The molecule has 0 rings (SSSR count). The molecule has 0 bridgehead atoms. The van der Waals surface area contributed by atoms with Crippen molar-refractivity contribution < 1.29 is 19.7 Å². The SMILES string of the molecule is C=CC(=O)OCCC.OCCCCCO. The van der Waals surface area contributed by atoms with E-state index >= 15 is 0 Å². The summed E-state index contributed by atoms with van der Waals surface area (Å²) in [5.41, 5.74) is 0. The molecule has 4 nitrogen and oxygen atoms in total. The molecule has 0 radical (unpaired) electrons. The average Bonchev–Trinajstić information content (AvgIpc) is 2.27. The molecule has 0 heterocycles. The van der Waals surface area contributed by atoms with Crippen LogP contribution in [0.1, 0.15) is 32.6 Å². The number of rotatable bonds is 7. The van der Waals surface area contributed by atoms with Crippen molar-refractivity contribution in [2.75, 3.05) is 19.8 Å². The number of ether oxygens (including phenoxy) is 1. The predicted octanol–water partition coefficient (Wildman–Crippen LogP) is 1.27. The number of aliphatic hydroxyl groups excluding tert-OH is 2. The number of hydrogen-bond acceptors (Lipinski definition) is 4. The van der Waals surface area contributed by atoms with Crippen LogP contribution in [0.3, 0.4) is 0 Å². The van der Waals surface area contributed by atoms with E-state index in [2.05, 4.69) is 11.3 Å². The number of aliphatic hydroxyl groups is 2. The van der Waals surface area contributed by atoms with Crippen molar-refractivity contribution in [3.63, 3.8) is 0 Å². The lowest BCUT2D eigenvalue weighted by atomic mass is 10.2. The normalized spacial score (nSPS) is 8.73. The summed E-state index contributed by atoms with van der Waals surface area (Å²) in [5.74, 6) is -0.341. The van der Waals surface area contributed by atoms with Crippen molar-refractivity contribution in [1.29, 1.82) is 0 Å². The van der Waals surface area contributed by atoms with E-state index in [0.717, 1.165) is 31.8 Å². The fourth-order valence-electron chi connectivity index (χ4n) is 0.662. The Morgan fingerprint density at radius 3 is 2.13 bits per heavy atom. The number of unbranched alkanes of at least 4 members (excludes halogenated alkanes) is 2. The summed E-state index contributed by atoms with van der Waals surface area (Å²) < 4.78 is 4.58. The average molecular weight is 218 g/mol. The molecule has 2 N–H and O–H groups in total. The van der Waals surface area contributed by atoms with Crippen LogP contribution < -0.4 is 0 Å². The zero-order chi connectivity index (χ0) is 11.9. The van der Waals surface area contributed by atoms with Gasteiger partial charge in [-0.05, 0) is 25.7 Å². The molecule has 4 heteroatoms. The summed E-state index contributed by atoms with van der Waals surface area (Å²) in [6.07, 6.45) is 4.60. The first-order valence-electron chi connectivity index (χ1n) is 5.23. The van der Waals surface area contributed by atoms with E-state index < -0.39 is 0 Å². The highest BCUT2D eigenvalue weighted by molar-refractivity contribution is 5.81. The lowest BCUT2D eigenvalue weighted by molar-refractivity contribution is -0.137. The van der Waals surface area contributed by atoms with Gasteiger partial charge in [0.05, 0.1) is 6.61 Å². The highest BCUT2D eigenvalue weighted by atomic mass is 16.5. The molecule has 0 saturated carbocycles. The van der Waals surface area contributed by atoms with Crippen molar-refractivity contribution in [3.8, 4) is 0 Å².